The Labute approximate surface area is 345 Å². The summed E-state index contributed by atoms with van der Waals surface area (Å²) in [6, 6.07) is 8.45. The molecule has 0 aromatic heterocycles. The van der Waals surface area contributed by atoms with Gasteiger partial charge in [-0.25, -0.2) is 0 Å². The molecule has 0 unspecified atom stereocenters. The van der Waals surface area contributed by atoms with Gasteiger partial charge < -0.3 is 20.1 Å². The van der Waals surface area contributed by atoms with E-state index >= 15 is 0 Å². The van der Waals surface area contributed by atoms with E-state index in [9.17, 15) is 15.3 Å². The molecule has 0 aliphatic heterocycles. The summed E-state index contributed by atoms with van der Waals surface area (Å²) in [5, 5.41) is 30.2. The number of benzene rings is 3. The minimum Gasteiger partial charge on any atom is -0.508 e. The maximum absolute atomic E-state index is 10.2. The van der Waals surface area contributed by atoms with Crippen LogP contribution >= 0.6 is 44.2 Å². The van der Waals surface area contributed by atoms with Crippen molar-refractivity contribution in [1.82, 2.24) is 0 Å². The number of hydrogen-bond donors (Lipinski definition) is 3. The Balaban J connectivity index is 0.000000209. The van der Waals surface area contributed by atoms with Crippen molar-refractivity contribution in [3.05, 3.63) is 78.8 Å². The van der Waals surface area contributed by atoms with Gasteiger partial charge in [-0.2, -0.15) is 0 Å². The molecule has 3 aliphatic carbocycles. The van der Waals surface area contributed by atoms with Crippen LogP contribution in [-0.2, 0) is 32.5 Å². The van der Waals surface area contributed by atoms with Gasteiger partial charge in [0.2, 0.25) is 0 Å². The number of methoxy groups -OCH3 is 1. The molecule has 7 heteroatoms. The van der Waals surface area contributed by atoms with Gasteiger partial charge in [-0.05, 0) is 158 Å². The van der Waals surface area contributed by atoms with Crippen LogP contribution in [0.15, 0.2) is 28.7 Å². The van der Waals surface area contributed by atoms with Crippen LogP contribution in [0.2, 0.25) is 0 Å². The molecule has 53 heavy (non-hydrogen) atoms. The van der Waals surface area contributed by atoms with Crippen molar-refractivity contribution in [3.63, 3.8) is 0 Å². The molecule has 0 bridgehead atoms. The first-order valence-electron chi connectivity index (χ1n) is 19.0. The van der Waals surface area contributed by atoms with Gasteiger partial charge in [-0.1, -0.05) is 101 Å². The first-order chi connectivity index (χ1) is 24.1. The van der Waals surface area contributed by atoms with Gasteiger partial charge >= 0.3 is 0 Å². The lowest BCUT2D eigenvalue weighted by Crippen LogP contribution is -2.34. The first kappa shape index (κ1) is 45.7. The highest BCUT2D eigenvalue weighted by molar-refractivity contribution is 9.93. The smallest absolute Gasteiger partial charge is 0.164 e. The summed E-state index contributed by atoms with van der Waals surface area (Å²) in [4.78, 5) is 0. The van der Waals surface area contributed by atoms with E-state index in [0.717, 1.165) is 34.0 Å². The fourth-order valence-corrected chi connectivity index (χ4v) is 9.69. The number of ether oxygens (including phenoxy) is 1. The van der Waals surface area contributed by atoms with Crippen molar-refractivity contribution < 1.29 is 20.1 Å². The second kappa shape index (κ2) is 16.0. The topological polar surface area (TPSA) is 69.9 Å². The fraction of sp³-hybridized carbons (Fsp3) is 0.609. The van der Waals surface area contributed by atoms with Crippen LogP contribution in [0.5, 0.6) is 23.0 Å². The lowest BCUT2D eigenvalue weighted by molar-refractivity contribution is 0.302. The third kappa shape index (κ3) is 9.14. The Morgan fingerprint density at radius 2 is 0.792 bits per heavy atom. The number of phenolic OH excluding ortho intramolecular Hbond substituents is 3. The maximum Gasteiger partial charge on any atom is 0.164 e. The minimum absolute atomic E-state index is 0.0569. The van der Waals surface area contributed by atoms with Gasteiger partial charge in [0, 0.05) is 33.8 Å². The lowest BCUT2D eigenvalue weighted by Gasteiger charge is -2.42. The highest BCUT2D eigenvalue weighted by Gasteiger charge is 2.42. The molecule has 3 aromatic carbocycles. The van der Waals surface area contributed by atoms with Gasteiger partial charge in [0.05, 0.1) is 11.6 Å². The van der Waals surface area contributed by atoms with E-state index < -0.39 is 0 Å². The zero-order valence-corrected chi connectivity index (χ0v) is 40.2. The lowest BCUT2D eigenvalue weighted by atomic mass is 9.62. The Bertz CT molecular complexity index is 1770. The zero-order valence-electron chi connectivity index (χ0n) is 35.4. The van der Waals surface area contributed by atoms with Crippen LogP contribution in [0, 0.1) is 20.8 Å². The monoisotopic (exact) mass is 920 g/mol. The number of hydrogen-bond acceptors (Lipinski definition) is 4. The molecule has 0 atom stereocenters. The number of halogens is 3. The molecule has 4 nitrogen and oxygen atoms in total. The minimum atomic E-state index is 0.0569. The average Bonchev–Trinajstić information content (AvgIpc) is 3.06. The van der Waals surface area contributed by atoms with Gasteiger partial charge in [0.1, 0.15) is 11.5 Å². The van der Waals surface area contributed by atoms with Crippen molar-refractivity contribution in [3.8, 4) is 23.0 Å². The van der Waals surface area contributed by atoms with E-state index in [1.54, 1.807) is 7.11 Å². The molecule has 0 spiro atoms. The fourth-order valence-electron chi connectivity index (χ4n) is 8.62. The molecule has 0 heterocycles. The standard InChI is InChI=1S/C16H24O2.C15H21BrO.C15H22O.Br2/c1-10-9-11-12(14(18-6)13(10)17)16(4,5)8-7-15(11,2)3;1-9-8-10-11(12(16)13(9)17)15(4,5)7-6-14(10,2)3;1-10-8-11-12(9-13(10)16)15(4,5)7-6-14(11,2)3;1-2/h9,17H,7-8H2,1-6H3;8,17H,6-7H2,1-5H3;8-9,16H,6-7H2,1-5H3;. The van der Waals surface area contributed by atoms with Crippen molar-refractivity contribution in [2.45, 2.75) is 175 Å². The van der Waals surface area contributed by atoms with Crippen LogP contribution in [0.4, 0.5) is 0 Å². The highest BCUT2D eigenvalue weighted by atomic mass is 80.9. The Hall–Kier alpha value is -1.70. The van der Waals surface area contributed by atoms with Gasteiger partial charge in [0.25, 0.3) is 0 Å². The summed E-state index contributed by atoms with van der Waals surface area (Å²) in [6.45, 7) is 33.2. The van der Waals surface area contributed by atoms with Crippen molar-refractivity contribution in [2.75, 3.05) is 7.11 Å². The van der Waals surface area contributed by atoms with Gasteiger partial charge in [0.15, 0.2) is 11.5 Å². The summed E-state index contributed by atoms with van der Waals surface area (Å²) in [7, 11) is 1.65. The van der Waals surface area contributed by atoms with Crippen LogP contribution in [0.25, 0.3) is 0 Å². The normalized spacial score (nSPS) is 20.3. The maximum atomic E-state index is 10.2. The summed E-state index contributed by atoms with van der Waals surface area (Å²) >= 11 is 9.09. The van der Waals surface area contributed by atoms with E-state index in [1.165, 1.54) is 59.1 Å². The van der Waals surface area contributed by atoms with E-state index in [4.69, 9.17) is 4.74 Å². The third-order valence-corrected chi connectivity index (χ3v) is 13.6. The number of phenols is 3. The summed E-state index contributed by atoms with van der Waals surface area (Å²) in [5.41, 5.74) is 11.7. The van der Waals surface area contributed by atoms with Gasteiger partial charge in [-0.15, -0.1) is 0 Å². The SMILES string of the molecule is BrBr.COc1c(O)c(C)cc2c1C(C)(C)CCC2(C)C.Cc1cc2c(c(Br)c1O)C(C)(C)CCC2(C)C.Cc1cc2c(cc1O)C(C)(C)CCC2(C)C. The molecule has 3 N–H and O–H groups in total. The van der Waals surface area contributed by atoms with Crippen molar-refractivity contribution in [2.24, 2.45) is 0 Å². The summed E-state index contributed by atoms with van der Waals surface area (Å²) in [5.74, 6) is 1.80. The molecule has 6 rings (SSSR count). The molecule has 3 aliphatic rings. The second-order valence-corrected chi connectivity index (χ2v) is 20.6. The average molecular weight is 924 g/mol. The molecule has 0 amide bonds. The second-order valence-electron chi connectivity index (χ2n) is 19.8. The summed E-state index contributed by atoms with van der Waals surface area (Å²) < 4.78 is 6.40. The van der Waals surface area contributed by atoms with Crippen LogP contribution in [0.1, 0.15) is 172 Å². The molecule has 0 radical (unpaired) electrons. The molecule has 0 saturated carbocycles. The predicted molar refractivity (Wildman–Crippen MR) is 236 cm³/mol. The Kier molecular flexibility index (Phi) is 13.8. The van der Waals surface area contributed by atoms with Crippen molar-refractivity contribution >= 4 is 44.2 Å². The third-order valence-electron chi connectivity index (χ3n) is 12.8. The van der Waals surface area contributed by atoms with Crippen LogP contribution < -0.4 is 4.74 Å². The van der Waals surface area contributed by atoms with E-state index in [0.29, 0.717) is 23.0 Å². The summed E-state index contributed by atoms with van der Waals surface area (Å²) in [6.07, 6.45) is 7.05. The molecule has 3 aromatic rings. The molecular formula is C46H67Br3O4. The predicted octanol–water partition coefficient (Wildman–Crippen LogP) is 14.6. The Morgan fingerprint density at radius 3 is 1.23 bits per heavy atom. The van der Waals surface area contributed by atoms with E-state index in [1.807, 2.05) is 26.8 Å². The number of rotatable bonds is 1. The van der Waals surface area contributed by atoms with E-state index in [2.05, 4.69) is 145 Å². The number of aryl methyl sites for hydroxylation is 3. The molecule has 296 valence electrons. The largest absolute Gasteiger partial charge is 0.508 e. The van der Waals surface area contributed by atoms with Crippen LogP contribution in [-0.4, -0.2) is 22.4 Å². The molecular weight excluding hydrogens is 856 g/mol. The highest BCUT2D eigenvalue weighted by Crippen LogP contribution is 2.54. The molecule has 0 saturated heterocycles. The number of aromatic hydroxyl groups is 3. The number of fused-ring (bicyclic) bond motifs is 3. The zero-order chi connectivity index (χ0) is 40.9. The van der Waals surface area contributed by atoms with E-state index in [-0.39, 0.29) is 32.5 Å². The molecule has 0 fully saturated rings. The first-order valence-corrected chi connectivity index (χ1v) is 23.6. The van der Waals surface area contributed by atoms with Crippen LogP contribution in [0.3, 0.4) is 0 Å². The van der Waals surface area contributed by atoms with Gasteiger partial charge in [-0.3, -0.25) is 0 Å². The quantitative estimate of drug-likeness (QED) is 0.227. The van der Waals surface area contributed by atoms with Crippen molar-refractivity contribution in [1.29, 1.82) is 0 Å². The Morgan fingerprint density at radius 1 is 0.472 bits per heavy atom.